The van der Waals surface area contributed by atoms with Crippen LogP contribution in [0.25, 0.3) is 0 Å². The van der Waals surface area contributed by atoms with E-state index in [9.17, 15) is 4.39 Å². The second kappa shape index (κ2) is 9.26. The van der Waals surface area contributed by atoms with Crippen LogP contribution in [0.3, 0.4) is 0 Å². The van der Waals surface area contributed by atoms with E-state index in [1.807, 2.05) is 6.07 Å². The van der Waals surface area contributed by atoms with Crippen molar-refractivity contribution in [3.8, 4) is 0 Å². The Morgan fingerprint density at radius 3 is 2.41 bits per heavy atom. The first-order chi connectivity index (χ1) is 13.0. The fraction of sp³-hybridized carbons (Fsp3) is 0.381. The van der Waals surface area contributed by atoms with Gasteiger partial charge in [0.05, 0.1) is 13.1 Å². The third-order valence-electron chi connectivity index (χ3n) is 5.29. The first kappa shape index (κ1) is 19.7. The highest BCUT2D eigenvalue weighted by Crippen LogP contribution is 2.15. The molecule has 2 aromatic carbocycles. The van der Waals surface area contributed by atoms with Crippen LogP contribution in [-0.2, 0) is 0 Å². The molecule has 0 aliphatic carbocycles. The Morgan fingerprint density at radius 1 is 1.04 bits per heavy atom. The normalized spacial score (nSPS) is 21.9. The van der Waals surface area contributed by atoms with E-state index in [4.69, 9.17) is 12.2 Å². The van der Waals surface area contributed by atoms with Crippen molar-refractivity contribution in [1.29, 1.82) is 0 Å². The predicted molar refractivity (Wildman–Crippen MR) is 112 cm³/mol. The van der Waals surface area contributed by atoms with Gasteiger partial charge in [-0.2, -0.15) is 0 Å². The maximum absolute atomic E-state index is 13.4. The molecule has 144 valence electrons. The number of hydrogen-bond donors (Lipinski definition) is 4. The van der Waals surface area contributed by atoms with Gasteiger partial charge in [-0.25, -0.2) is 4.39 Å². The van der Waals surface area contributed by atoms with Gasteiger partial charge in [-0.05, 0) is 37.3 Å². The van der Waals surface area contributed by atoms with Crippen molar-refractivity contribution in [3.05, 3.63) is 66.0 Å². The standard InChI is InChI=1S/C21H27FN4S/c1-16(23-21(27)24-19-10-6-9-18(22)15-19)20(17-7-4-3-5-8-17)26-13-11-25(2)12-14-26/h3-10,15-16,20H,11-14H2,1-2H3,(H2,23,24,27)/p+2/t16-,20+/m1/s1. The molecule has 0 spiro atoms. The molecule has 1 heterocycles. The third-order valence-corrected chi connectivity index (χ3v) is 5.51. The summed E-state index contributed by atoms with van der Waals surface area (Å²) >= 11 is 5.49. The molecule has 6 heteroatoms. The summed E-state index contributed by atoms with van der Waals surface area (Å²) in [4.78, 5) is 3.18. The van der Waals surface area contributed by atoms with Gasteiger partial charge in [0.1, 0.15) is 38.0 Å². The molecule has 1 aliphatic heterocycles. The van der Waals surface area contributed by atoms with E-state index in [0.717, 1.165) is 13.1 Å². The Kier molecular flexibility index (Phi) is 6.77. The monoisotopic (exact) mass is 388 g/mol. The van der Waals surface area contributed by atoms with Crippen LogP contribution < -0.4 is 20.4 Å². The van der Waals surface area contributed by atoms with Gasteiger partial charge in [-0.1, -0.05) is 36.4 Å². The minimum atomic E-state index is -0.276. The van der Waals surface area contributed by atoms with E-state index in [-0.39, 0.29) is 11.9 Å². The van der Waals surface area contributed by atoms with Gasteiger partial charge in [0.2, 0.25) is 0 Å². The number of thiocarbonyl (C=S) groups is 1. The summed E-state index contributed by atoms with van der Waals surface area (Å²) in [6.07, 6.45) is 0. The Bertz CT molecular complexity index is 747. The maximum Gasteiger partial charge on any atom is 0.171 e. The summed E-state index contributed by atoms with van der Waals surface area (Å²) in [5.74, 6) is -0.276. The van der Waals surface area contributed by atoms with E-state index in [1.54, 1.807) is 15.9 Å². The summed E-state index contributed by atoms with van der Waals surface area (Å²) in [6, 6.07) is 17.5. The lowest BCUT2D eigenvalue weighted by atomic mass is 9.98. The third kappa shape index (κ3) is 5.48. The average molecular weight is 389 g/mol. The molecule has 1 fully saturated rings. The lowest BCUT2D eigenvalue weighted by Crippen LogP contribution is -3.27. The molecular weight excluding hydrogens is 359 g/mol. The zero-order chi connectivity index (χ0) is 19.2. The number of halogens is 1. The SMILES string of the molecule is C[C@@H](NC(=S)Nc1cccc(F)c1)[C@@H](c1ccccc1)[NH+]1CC[NH+](C)CC1. The molecule has 0 amide bonds. The Morgan fingerprint density at radius 2 is 1.74 bits per heavy atom. The minimum absolute atomic E-state index is 0.148. The number of piperazine rings is 1. The van der Waals surface area contributed by atoms with Crippen LogP contribution in [0.15, 0.2) is 54.6 Å². The molecule has 1 saturated heterocycles. The lowest BCUT2D eigenvalue weighted by molar-refractivity contribution is -1.02. The Balaban J connectivity index is 1.70. The van der Waals surface area contributed by atoms with Crippen molar-refractivity contribution in [1.82, 2.24) is 5.32 Å². The van der Waals surface area contributed by atoms with Crippen molar-refractivity contribution >= 4 is 23.0 Å². The van der Waals surface area contributed by atoms with Crippen LogP contribution in [0.2, 0.25) is 0 Å². The van der Waals surface area contributed by atoms with Gasteiger partial charge in [0.15, 0.2) is 5.11 Å². The zero-order valence-corrected chi connectivity index (χ0v) is 16.8. The van der Waals surface area contributed by atoms with Crippen LogP contribution >= 0.6 is 12.2 Å². The highest BCUT2D eigenvalue weighted by molar-refractivity contribution is 7.80. The quantitative estimate of drug-likeness (QED) is 0.568. The second-order valence-corrected chi connectivity index (χ2v) is 7.81. The molecule has 3 rings (SSSR count). The molecule has 4 N–H and O–H groups in total. The van der Waals surface area contributed by atoms with Gasteiger partial charge in [-0.15, -0.1) is 0 Å². The van der Waals surface area contributed by atoms with E-state index in [2.05, 4.69) is 54.9 Å². The largest absolute Gasteiger partial charge is 0.354 e. The highest BCUT2D eigenvalue weighted by Gasteiger charge is 2.33. The minimum Gasteiger partial charge on any atom is -0.354 e. The number of quaternary nitrogens is 2. The second-order valence-electron chi connectivity index (χ2n) is 7.40. The van der Waals surface area contributed by atoms with E-state index >= 15 is 0 Å². The number of hydrogen-bond acceptors (Lipinski definition) is 1. The van der Waals surface area contributed by atoms with Crippen molar-refractivity contribution in [2.24, 2.45) is 0 Å². The van der Waals surface area contributed by atoms with Crippen molar-refractivity contribution in [2.75, 3.05) is 38.5 Å². The summed E-state index contributed by atoms with van der Waals surface area (Å²) in [5, 5.41) is 7.04. The molecular formula is C21H29FN4S+2. The molecule has 27 heavy (non-hydrogen) atoms. The molecule has 0 saturated carbocycles. The van der Waals surface area contributed by atoms with Crippen LogP contribution in [0.4, 0.5) is 10.1 Å². The molecule has 2 aromatic rings. The fourth-order valence-electron chi connectivity index (χ4n) is 3.87. The number of rotatable bonds is 5. The number of likely N-dealkylation sites (N-methyl/N-ethyl adjacent to an activating group) is 1. The maximum atomic E-state index is 13.4. The molecule has 0 unspecified atom stereocenters. The van der Waals surface area contributed by atoms with Crippen LogP contribution in [0, 0.1) is 5.82 Å². The first-order valence-electron chi connectivity index (χ1n) is 9.57. The molecule has 0 bridgehead atoms. The highest BCUT2D eigenvalue weighted by atomic mass is 32.1. The van der Waals surface area contributed by atoms with Crippen LogP contribution in [-0.4, -0.2) is 44.4 Å². The fourth-order valence-corrected chi connectivity index (χ4v) is 4.17. The summed E-state index contributed by atoms with van der Waals surface area (Å²) in [5.41, 5.74) is 1.98. The average Bonchev–Trinajstić information content (AvgIpc) is 2.64. The molecule has 4 nitrogen and oxygen atoms in total. The smallest absolute Gasteiger partial charge is 0.171 e. The van der Waals surface area contributed by atoms with Crippen molar-refractivity contribution in [3.63, 3.8) is 0 Å². The van der Waals surface area contributed by atoms with Gasteiger partial charge < -0.3 is 20.4 Å². The van der Waals surface area contributed by atoms with Crippen LogP contribution in [0.5, 0.6) is 0 Å². The topological polar surface area (TPSA) is 32.9 Å². The van der Waals surface area contributed by atoms with Crippen molar-refractivity contribution < 1.29 is 14.2 Å². The zero-order valence-electron chi connectivity index (χ0n) is 16.0. The Hall–Kier alpha value is -2.02. The van der Waals surface area contributed by atoms with Crippen molar-refractivity contribution in [2.45, 2.75) is 19.0 Å². The van der Waals surface area contributed by atoms with E-state index in [0.29, 0.717) is 16.8 Å². The molecule has 0 aromatic heterocycles. The Labute approximate surface area is 166 Å². The van der Waals surface area contributed by atoms with Crippen LogP contribution in [0.1, 0.15) is 18.5 Å². The van der Waals surface area contributed by atoms with E-state index in [1.165, 1.54) is 30.8 Å². The summed E-state index contributed by atoms with van der Waals surface area (Å²) < 4.78 is 13.4. The predicted octanol–water partition coefficient (Wildman–Crippen LogP) is 0.655. The van der Waals surface area contributed by atoms with Gasteiger partial charge in [0.25, 0.3) is 0 Å². The van der Waals surface area contributed by atoms with Gasteiger partial charge in [0, 0.05) is 11.3 Å². The van der Waals surface area contributed by atoms with Gasteiger partial charge in [-0.3, -0.25) is 0 Å². The number of benzene rings is 2. The molecule has 2 atom stereocenters. The number of nitrogens with one attached hydrogen (secondary N) is 4. The van der Waals surface area contributed by atoms with E-state index < -0.39 is 0 Å². The first-order valence-corrected chi connectivity index (χ1v) is 9.97. The lowest BCUT2D eigenvalue weighted by Gasteiger charge is -2.37. The molecule has 0 radical (unpaired) electrons. The van der Waals surface area contributed by atoms with Gasteiger partial charge >= 0.3 is 0 Å². The summed E-state index contributed by atoms with van der Waals surface area (Å²) in [6.45, 7) is 6.81. The molecule has 1 aliphatic rings. The number of anilines is 1. The summed E-state index contributed by atoms with van der Waals surface area (Å²) in [7, 11) is 2.26.